The van der Waals surface area contributed by atoms with Crippen LogP contribution in [0.5, 0.6) is 0 Å². The maximum Gasteiger partial charge on any atom is 0.340 e. The Morgan fingerprint density at radius 2 is 1.60 bits per heavy atom. The largest absolute Gasteiger partial charge is 0.452 e. The first kappa shape index (κ1) is 18.7. The minimum absolute atomic E-state index is 0.175. The monoisotopic (exact) mass is 404 g/mol. The van der Waals surface area contributed by atoms with E-state index in [0.717, 1.165) is 0 Å². The normalized spacial score (nSPS) is 10.0. The summed E-state index contributed by atoms with van der Waals surface area (Å²) >= 11 is 3.32. The Balaban J connectivity index is 2.15. The number of rotatable bonds is 5. The summed E-state index contributed by atoms with van der Waals surface area (Å²) in [5.41, 5.74) is 0.925. The topological polar surface area (TPSA) is 75.7 Å². The van der Waals surface area contributed by atoms with Gasteiger partial charge in [-0.1, -0.05) is 24.3 Å². The number of anilines is 1. The van der Waals surface area contributed by atoms with Crippen LogP contribution in [0.4, 0.5) is 5.69 Å². The van der Waals surface area contributed by atoms with Gasteiger partial charge < -0.3 is 15.0 Å². The third-order valence-corrected chi connectivity index (χ3v) is 4.03. The highest BCUT2D eigenvalue weighted by atomic mass is 79.9. The lowest BCUT2D eigenvalue weighted by Gasteiger charge is -2.13. The van der Waals surface area contributed by atoms with E-state index in [9.17, 15) is 14.4 Å². The van der Waals surface area contributed by atoms with Crippen LogP contribution in [0, 0.1) is 0 Å². The van der Waals surface area contributed by atoms with Crippen molar-refractivity contribution in [2.75, 3.05) is 26.0 Å². The number of hydrogen-bond donors (Lipinski definition) is 1. The van der Waals surface area contributed by atoms with Crippen LogP contribution in [0.25, 0.3) is 0 Å². The Labute approximate surface area is 153 Å². The molecule has 0 aromatic heterocycles. The average molecular weight is 405 g/mol. The molecule has 0 bridgehead atoms. The van der Waals surface area contributed by atoms with Crippen molar-refractivity contribution in [2.24, 2.45) is 0 Å². The first-order valence-corrected chi connectivity index (χ1v) is 8.21. The maximum absolute atomic E-state index is 12.4. The van der Waals surface area contributed by atoms with Gasteiger partial charge in [-0.05, 0) is 40.2 Å². The van der Waals surface area contributed by atoms with Crippen molar-refractivity contribution in [2.45, 2.75) is 0 Å². The Hall–Kier alpha value is -2.67. The summed E-state index contributed by atoms with van der Waals surface area (Å²) in [4.78, 5) is 37.5. The second-order valence-corrected chi connectivity index (χ2v) is 6.20. The van der Waals surface area contributed by atoms with Crippen LogP contribution in [0.15, 0.2) is 53.0 Å². The van der Waals surface area contributed by atoms with Crippen molar-refractivity contribution in [3.8, 4) is 0 Å². The van der Waals surface area contributed by atoms with E-state index in [4.69, 9.17) is 4.74 Å². The molecule has 2 rings (SSSR count). The van der Waals surface area contributed by atoms with Crippen LogP contribution < -0.4 is 5.32 Å². The highest BCUT2D eigenvalue weighted by molar-refractivity contribution is 9.10. The Bertz CT molecular complexity index is 805. The molecule has 0 saturated heterocycles. The van der Waals surface area contributed by atoms with Crippen LogP contribution in [-0.2, 0) is 9.53 Å². The molecule has 0 heterocycles. The predicted molar refractivity (Wildman–Crippen MR) is 97.5 cm³/mol. The van der Waals surface area contributed by atoms with Crippen LogP contribution in [-0.4, -0.2) is 43.4 Å². The molecule has 0 saturated carbocycles. The van der Waals surface area contributed by atoms with Crippen molar-refractivity contribution < 1.29 is 19.1 Å². The van der Waals surface area contributed by atoms with Gasteiger partial charge in [-0.25, -0.2) is 4.79 Å². The van der Waals surface area contributed by atoms with E-state index in [2.05, 4.69) is 21.2 Å². The quantitative estimate of drug-likeness (QED) is 0.777. The number of para-hydroxylation sites is 1. The highest BCUT2D eigenvalue weighted by Crippen LogP contribution is 2.20. The summed E-state index contributed by atoms with van der Waals surface area (Å²) in [5, 5.41) is 2.69. The number of benzene rings is 2. The number of carbonyl (C=O) groups is 3. The van der Waals surface area contributed by atoms with E-state index < -0.39 is 5.97 Å². The lowest BCUT2D eigenvalue weighted by Crippen LogP contribution is -2.27. The van der Waals surface area contributed by atoms with Gasteiger partial charge >= 0.3 is 5.97 Å². The fourth-order valence-electron chi connectivity index (χ4n) is 1.94. The molecule has 0 aliphatic heterocycles. The van der Waals surface area contributed by atoms with Gasteiger partial charge in [0.25, 0.3) is 11.8 Å². The van der Waals surface area contributed by atoms with Gasteiger partial charge in [0, 0.05) is 18.6 Å². The fourth-order valence-corrected chi connectivity index (χ4v) is 2.40. The van der Waals surface area contributed by atoms with Crippen LogP contribution >= 0.6 is 15.9 Å². The van der Waals surface area contributed by atoms with Crippen molar-refractivity contribution in [1.82, 2.24) is 4.90 Å². The summed E-state index contributed by atoms with van der Waals surface area (Å²) in [6.07, 6.45) is 0. The zero-order chi connectivity index (χ0) is 18.4. The summed E-state index contributed by atoms with van der Waals surface area (Å²) in [5.74, 6) is -1.38. The molecule has 0 radical (unpaired) electrons. The van der Waals surface area contributed by atoms with E-state index in [0.29, 0.717) is 15.7 Å². The number of esters is 1. The smallest absolute Gasteiger partial charge is 0.340 e. The molecule has 0 atom stereocenters. The first-order chi connectivity index (χ1) is 11.9. The number of carbonyl (C=O) groups excluding carboxylic acids is 3. The number of ether oxygens (including phenoxy) is 1. The molecule has 0 fully saturated rings. The van der Waals surface area contributed by atoms with Gasteiger partial charge in [0.15, 0.2) is 6.61 Å². The Morgan fingerprint density at radius 1 is 1.00 bits per heavy atom. The SMILES string of the molecule is CN(C)C(=O)COC(=O)c1ccccc1NC(=O)c1ccccc1Br. The Kier molecular flexibility index (Phi) is 6.30. The summed E-state index contributed by atoms with van der Waals surface area (Å²) in [6.45, 7) is -0.363. The summed E-state index contributed by atoms with van der Waals surface area (Å²) in [7, 11) is 3.14. The number of nitrogens with one attached hydrogen (secondary N) is 1. The molecule has 2 amide bonds. The number of hydrogen-bond acceptors (Lipinski definition) is 4. The van der Waals surface area contributed by atoms with Crippen molar-refractivity contribution in [3.63, 3.8) is 0 Å². The molecule has 130 valence electrons. The third-order valence-electron chi connectivity index (χ3n) is 3.34. The lowest BCUT2D eigenvalue weighted by atomic mass is 10.1. The molecule has 25 heavy (non-hydrogen) atoms. The van der Waals surface area contributed by atoms with Gasteiger partial charge in [0.1, 0.15) is 0 Å². The molecule has 7 heteroatoms. The Morgan fingerprint density at radius 3 is 2.24 bits per heavy atom. The predicted octanol–water partition coefficient (Wildman–Crippen LogP) is 2.95. The van der Waals surface area contributed by atoms with E-state index in [1.54, 1.807) is 56.6 Å². The molecule has 0 aliphatic rings. The van der Waals surface area contributed by atoms with Gasteiger partial charge in [-0.3, -0.25) is 9.59 Å². The van der Waals surface area contributed by atoms with Crippen molar-refractivity contribution >= 4 is 39.4 Å². The number of amides is 2. The zero-order valence-electron chi connectivity index (χ0n) is 13.8. The summed E-state index contributed by atoms with van der Waals surface area (Å²) < 4.78 is 5.65. The molecule has 1 N–H and O–H groups in total. The molecule has 0 spiro atoms. The van der Waals surface area contributed by atoms with Crippen LogP contribution in [0.1, 0.15) is 20.7 Å². The average Bonchev–Trinajstić information content (AvgIpc) is 2.60. The zero-order valence-corrected chi connectivity index (χ0v) is 15.4. The number of likely N-dealkylation sites (N-methyl/N-ethyl adjacent to an activating group) is 1. The van der Waals surface area contributed by atoms with E-state index in [1.807, 2.05) is 0 Å². The third kappa shape index (κ3) is 4.90. The van der Waals surface area contributed by atoms with Crippen LogP contribution in [0.2, 0.25) is 0 Å². The molecule has 0 unspecified atom stereocenters. The maximum atomic E-state index is 12.4. The molecule has 2 aromatic carbocycles. The van der Waals surface area contributed by atoms with E-state index >= 15 is 0 Å². The van der Waals surface area contributed by atoms with Crippen LogP contribution in [0.3, 0.4) is 0 Å². The number of nitrogens with zero attached hydrogens (tertiary/aromatic N) is 1. The molecule has 2 aromatic rings. The molecular weight excluding hydrogens is 388 g/mol. The second kappa shape index (κ2) is 8.43. The van der Waals surface area contributed by atoms with Crippen molar-refractivity contribution in [3.05, 3.63) is 64.1 Å². The first-order valence-electron chi connectivity index (χ1n) is 7.42. The van der Waals surface area contributed by atoms with E-state index in [-0.39, 0.29) is 24.0 Å². The van der Waals surface area contributed by atoms with Crippen molar-refractivity contribution in [1.29, 1.82) is 0 Å². The second-order valence-electron chi connectivity index (χ2n) is 5.34. The molecule has 0 aliphatic carbocycles. The standard InChI is InChI=1S/C18H17BrN2O4/c1-21(2)16(22)11-25-18(24)13-8-4-6-10-15(13)20-17(23)12-7-3-5-9-14(12)19/h3-10H,11H2,1-2H3,(H,20,23). The van der Waals surface area contributed by atoms with E-state index in [1.165, 1.54) is 11.0 Å². The summed E-state index contributed by atoms with van der Waals surface area (Å²) in [6, 6.07) is 13.4. The minimum Gasteiger partial charge on any atom is -0.452 e. The highest BCUT2D eigenvalue weighted by Gasteiger charge is 2.17. The fraction of sp³-hybridized carbons (Fsp3) is 0.167. The van der Waals surface area contributed by atoms with Gasteiger partial charge in [-0.15, -0.1) is 0 Å². The number of halogens is 1. The van der Waals surface area contributed by atoms with Gasteiger partial charge in [-0.2, -0.15) is 0 Å². The molecule has 6 nitrogen and oxygen atoms in total. The molecular formula is C18H17BrN2O4. The minimum atomic E-state index is -0.682. The van der Waals surface area contributed by atoms with Gasteiger partial charge in [0.2, 0.25) is 0 Å². The van der Waals surface area contributed by atoms with Gasteiger partial charge in [0.05, 0.1) is 16.8 Å². The lowest BCUT2D eigenvalue weighted by molar-refractivity contribution is -0.131.